The van der Waals surface area contributed by atoms with E-state index >= 15 is 0 Å². The lowest BCUT2D eigenvalue weighted by atomic mass is 9.95. The van der Waals surface area contributed by atoms with Gasteiger partial charge in [0.15, 0.2) is 0 Å². The van der Waals surface area contributed by atoms with Crippen molar-refractivity contribution in [2.75, 3.05) is 20.2 Å². The van der Waals surface area contributed by atoms with Gasteiger partial charge in [0.05, 0.1) is 0 Å². The Bertz CT molecular complexity index is 823. The predicted molar refractivity (Wildman–Crippen MR) is 148 cm³/mol. The zero-order chi connectivity index (χ0) is 25.4. The third-order valence-electron chi connectivity index (χ3n) is 7.17. The van der Waals surface area contributed by atoms with Crippen molar-refractivity contribution in [3.05, 3.63) is 60.7 Å². The number of benzene rings is 2. The van der Waals surface area contributed by atoms with Gasteiger partial charge in [-0.2, -0.15) is 0 Å². The molecule has 2 aromatic rings. The number of carbonyl (C=O) groups is 1. The van der Waals surface area contributed by atoms with Gasteiger partial charge < -0.3 is 9.33 Å². The summed E-state index contributed by atoms with van der Waals surface area (Å²) in [6.07, 6.45) is 3.03. The van der Waals surface area contributed by atoms with Crippen LogP contribution in [-0.4, -0.2) is 39.3 Å². The van der Waals surface area contributed by atoms with Gasteiger partial charge in [-0.1, -0.05) is 109 Å². The number of nitrogens with zero attached hydrogens (tertiary/aromatic N) is 1. The summed E-state index contributed by atoms with van der Waals surface area (Å²) in [6, 6.07) is 21.7. The predicted octanol–water partition coefficient (Wildman–Crippen LogP) is 6.12. The Hall–Kier alpha value is -1.91. The van der Waals surface area contributed by atoms with Crippen LogP contribution in [0.1, 0.15) is 67.7 Å². The molecule has 188 valence electrons. The first-order valence-corrected chi connectivity index (χ1v) is 14.9. The third kappa shape index (κ3) is 7.05. The largest absolute Gasteiger partial charge is 0.407 e. The van der Waals surface area contributed by atoms with Crippen molar-refractivity contribution in [3.63, 3.8) is 0 Å². The van der Waals surface area contributed by atoms with E-state index in [1.54, 1.807) is 0 Å². The first-order valence-electron chi connectivity index (χ1n) is 13.0. The third-order valence-corrected chi connectivity index (χ3v) is 12.2. The summed E-state index contributed by atoms with van der Waals surface area (Å²) in [4.78, 5) is 14.3. The summed E-state index contributed by atoms with van der Waals surface area (Å²) >= 11 is 0. The summed E-state index contributed by atoms with van der Waals surface area (Å²) in [5, 5.41) is 2.67. The molecule has 2 aromatic carbocycles. The van der Waals surface area contributed by atoms with Crippen LogP contribution in [0.25, 0.3) is 0 Å². The molecule has 4 heteroatoms. The van der Waals surface area contributed by atoms with Crippen LogP contribution in [0.15, 0.2) is 60.7 Å². The number of hydrogen-bond donors (Lipinski definition) is 0. The van der Waals surface area contributed by atoms with Gasteiger partial charge in [0.1, 0.15) is 0 Å². The van der Waals surface area contributed by atoms with E-state index < -0.39 is 8.32 Å². The Morgan fingerprint density at radius 3 is 1.85 bits per heavy atom. The van der Waals surface area contributed by atoms with Gasteiger partial charge >= 0.3 is 0 Å². The molecular formula is C30H47NO2Si. The minimum absolute atomic E-state index is 0.0000866. The van der Waals surface area contributed by atoms with Crippen LogP contribution >= 0.6 is 0 Å². The quantitative estimate of drug-likeness (QED) is 0.342. The summed E-state index contributed by atoms with van der Waals surface area (Å²) in [5.74, 6) is 1.37. The standard InChI is InChI=1S/C30H47NO2Si/c1-9-26(4)29(32)31(8)21-20-24(2)22-25(3)23-33-34(30(5,6)7,27-16-12-10-13-17-27)28-18-14-11-15-19-28/h10-19,24-26H,9,20-23H2,1-8H3/t24-,25+,26-/m1/s1. The van der Waals surface area contributed by atoms with Crippen molar-refractivity contribution in [2.24, 2.45) is 17.8 Å². The van der Waals surface area contributed by atoms with Gasteiger partial charge in [-0.25, -0.2) is 0 Å². The highest BCUT2D eigenvalue weighted by Crippen LogP contribution is 2.37. The summed E-state index contributed by atoms with van der Waals surface area (Å²) in [7, 11) is -0.543. The minimum atomic E-state index is -2.48. The molecule has 0 fully saturated rings. The van der Waals surface area contributed by atoms with E-state index in [1.165, 1.54) is 10.4 Å². The van der Waals surface area contributed by atoms with Crippen LogP contribution in [0.5, 0.6) is 0 Å². The van der Waals surface area contributed by atoms with E-state index in [0.29, 0.717) is 11.8 Å². The second-order valence-corrected chi connectivity index (χ2v) is 15.6. The Kier molecular flexibility index (Phi) is 10.6. The van der Waals surface area contributed by atoms with E-state index in [9.17, 15) is 4.79 Å². The second kappa shape index (κ2) is 12.7. The number of hydrogen-bond acceptors (Lipinski definition) is 2. The highest BCUT2D eigenvalue weighted by Gasteiger charge is 2.50. The lowest BCUT2D eigenvalue weighted by Gasteiger charge is -2.43. The van der Waals surface area contributed by atoms with E-state index in [0.717, 1.165) is 32.4 Å². The van der Waals surface area contributed by atoms with E-state index in [4.69, 9.17) is 4.43 Å². The molecule has 34 heavy (non-hydrogen) atoms. The minimum Gasteiger partial charge on any atom is -0.407 e. The van der Waals surface area contributed by atoms with Gasteiger partial charge in [0, 0.05) is 26.1 Å². The highest BCUT2D eigenvalue weighted by molar-refractivity contribution is 6.99. The first kappa shape index (κ1) is 28.3. The fraction of sp³-hybridized carbons (Fsp3) is 0.567. The van der Waals surface area contributed by atoms with Crippen molar-refractivity contribution in [2.45, 2.75) is 72.8 Å². The molecule has 0 saturated heterocycles. The molecule has 0 heterocycles. The van der Waals surface area contributed by atoms with Crippen molar-refractivity contribution < 1.29 is 9.22 Å². The zero-order valence-electron chi connectivity index (χ0n) is 22.8. The smallest absolute Gasteiger partial charge is 0.261 e. The van der Waals surface area contributed by atoms with Gasteiger partial charge in [-0.05, 0) is 46.5 Å². The molecule has 3 nitrogen and oxygen atoms in total. The Morgan fingerprint density at radius 1 is 0.912 bits per heavy atom. The molecule has 0 saturated carbocycles. The molecule has 0 aliphatic carbocycles. The number of rotatable bonds is 12. The molecule has 0 spiro atoms. The van der Waals surface area contributed by atoms with Crippen molar-refractivity contribution in [3.8, 4) is 0 Å². The Balaban J connectivity index is 2.11. The maximum Gasteiger partial charge on any atom is 0.261 e. The average molecular weight is 482 g/mol. The van der Waals surface area contributed by atoms with Gasteiger partial charge in [-0.3, -0.25) is 4.79 Å². The van der Waals surface area contributed by atoms with E-state index in [-0.39, 0.29) is 16.9 Å². The number of carbonyl (C=O) groups excluding carboxylic acids is 1. The van der Waals surface area contributed by atoms with E-state index in [2.05, 4.69) is 102 Å². The SMILES string of the molecule is CC[C@@H](C)C(=O)N(C)CC[C@@H](C)C[C@H](C)CO[Si](c1ccccc1)(c1ccccc1)C(C)(C)C. The molecule has 0 radical (unpaired) electrons. The monoisotopic (exact) mass is 481 g/mol. The van der Waals surface area contributed by atoms with Crippen molar-refractivity contribution in [1.29, 1.82) is 0 Å². The molecule has 0 N–H and O–H groups in total. The maximum absolute atomic E-state index is 12.4. The van der Waals surface area contributed by atoms with Crippen molar-refractivity contribution in [1.82, 2.24) is 4.90 Å². The summed E-state index contributed by atoms with van der Waals surface area (Å²) < 4.78 is 7.11. The topological polar surface area (TPSA) is 29.5 Å². The van der Waals surface area contributed by atoms with Gasteiger partial charge in [0.2, 0.25) is 5.91 Å². The number of amides is 1. The molecule has 1 amide bonds. The molecule has 0 aromatic heterocycles. The van der Waals surface area contributed by atoms with Crippen LogP contribution in [0.4, 0.5) is 0 Å². The molecule has 0 aliphatic rings. The van der Waals surface area contributed by atoms with Crippen molar-refractivity contribution >= 4 is 24.6 Å². The Morgan fingerprint density at radius 2 is 1.41 bits per heavy atom. The lowest BCUT2D eigenvalue weighted by Crippen LogP contribution is -2.66. The van der Waals surface area contributed by atoms with Crippen LogP contribution in [0, 0.1) is 17.8 Å². The maximum atomic E-state index is 12.4. The summed E-state index contributed by atoms with van der Waals surface area (Å²) in [5.41, 5.74) is 0. The fourth-order valence-corrected chi connectivity index (χ4v) is 9.67. The fourth-order valence-electron chi connectivity index (χ4n) is 4.98. The highest BCUT2D eigenvalue weighted by atomic mass is 28.4. The molecule has 0 bridgehead atoms. The van der Waals surface area contributed by atoms with E-state index in [1.807, 2.05) is 18.9 Å². The molecule has 0 aliphatic heterocycles. The zero-order valence-corrected chi connectivity index (χ0v) is 23.8. The van der Waals surface area contributed by atoms with Gasteiger partial charge in [0.25, 0.3) is 8.32 Å². The normalized spacial score (nSPS) is 14.9. The second-order valence-electron chi connectivity index (χ2n) is 11.3. The molecular weight excluding hydrogens is 434 g/mol. The average Bonchev–Trinajstić information content (AvgIpc) is 2.82. The van der Waals surface area contributed by atoms with Crippen LogP contribution in [0.3, 0.4) is 0 Å². The van der Waals surface area contributed by atoms with Crippen LogP contribution in [0.2, 0.25) is 5.04 Å². The van der Waals surface area contributed by atoms with Crippen LogP contribution < -0.4 is 10.4 Å². The molecule has 2 rings (SSSR count). The lowest BCUT2D eigenvalue weighted by molar-refractivity contribution is -0.133. The molecule has 0 unspecified atom stereocenters. The molecule has 3 atom stereocenters. The van der Waals surface area contributed by atoms with Crippen LogP contribution in [-0.2, 0) is 9.22 Å². The Labute approximate surface area is 210 Å². The summed E-state index contributed by atoms with van der Waals surface area (Å²) in [6.45, 7) is 17.3. The van der Waals surface area contributed by atoms with Gasteiger partial charge in [-0.15, -0.1) is 0 Å². The first-order chi connectivity index (χ1) is 16.0.